The number of benzene rings is 2. The lowest BCUT2D eigenvalue weighted by Gasteiger charge is -2.41. The van der Waals surface area contributed by atoms with Crippen molar-refractivity contribution in [1.29, 1.82) is 10.9 Å². The molecule has 0 radical (unpaired) electrons. The Kier molecular flexibility index (Phi) is 9.76. The number of guanidine groups is 1. The normalized spacial score (nSPS) is 17.7. The lowest BCUT2D eigenvalue weighted by atomic mass is 9.71. The molecule has 1 fully saturated rings. The number of alkyl halides is 3. The van der Waals surface area contributed by atoms with Crippen LogP contribution in [0.25, 0.3) is 0 Å². The van der Waals surface area contributed by atoms with Gasteiger partial charge in [-0.3, -0.25) is 15.5 Å². The summed E-state index contributed by atoms with van der Waals surface area (Å²) in [5.74, 6) is -0.619. The number of anilines is 1. The largest absolute Gasteiger partial charge is 0.446 e. The van der Waals surface area contributed by atoms with Crippen LogP contribution in [0.3, 0.4) is 0 Å². The number of nitrogens with zero attached hydrogens (tertiary/aromatic N) is 2. The summed E-state index contributed by atoms with van der Waals surface area (Å²) >= 11 is -0.235. The average molecular weight is 563 g/mol. The molecule has 2 aromatic rings. The maximum absolute atomic E-state index is 13.5. The Hall–Kier alpha value is -3.41. The average Bonchev–Trinajstić information content (AvgIpc) is 2.86. The molecule has 12 heteroatoms. The Morgan fingerprint density at radius 3 is 2.26 bits per heavy atom. The number of carbonyl (C=O) groups is 2. The predicted octanol–water partition coefficient (Wildman–Crippen LogP) is 7.63. The van der Waals surface area contributed by atoms with E-state index < -0.39 is 23.4 Å². The Morgan fingerprint density at radius 2 is 1.69 bits per heavy atom. The van der Waals surface area contributed by atoms with E-state index in [0.717, 1.165) is 31.2 Å². The lowest BCUT2D eigenvalue weighted by Crippen LogP contribution is -2.45. The van der Waals surface area contributed by atoms with Gasteiger partial charge in [0.15, 0.2) is 0 Å². The first-order valence-electron chi connectivity index (χ1n) is 12.5. The molecule has 0 atom stereocenters. The monoisotopic (exact) mass is 562 g/mol. The van der Waals surface area contributed by atoms with E-state index in [0.29, 0.717) is 5.92 Å². The van der Waals surface area contributed by atoms with Crippen LogP contribution in [0, 0.1) is 22.3 Å². The van der Waals surface area contributed by atoms with Gasteiger partial charge in [0.2, 0.25) is 5.96 Å². The van der Waals surface area contributed by atoms with Crippen LogP contribution in [0.5, 0.6) is 0 Å². The number of halogens is 3. The summed E-state index contributed by atoms with van der Waals surface area (Å²) in [6.45, 7) is 6.89. The highest BCUT2D eigenvalue weighted by atomic mass is 32.2. The number of nitrogens with one attached hydrogen (secondary N) is 4. The third-order valence-electron chi connectivity index (χ3n) is 6.85. The Morgan fingerprint density at radius 1 is 1.05 bits per heavy atom. The summed E-state index contributed by atoms with van der Waals surface area (Å²) in [7, 11) is 0. The van der Waals surface area contributed by atoms with Crippen molar-refractivity contribution in [1.82, 2.24) is 10.2 Å². The van der Waals surface area contributed by atoms with E-state index in [1.165, 1.54) is 18.2 Å². The van der Waals surface area contributed by atoms with Crippen molar-refractivity contribution in [3.63, 3.8) is 0 Å². The van der Waals surface area contributed by atoms with Gasteiger partial charge in [0.1, 0.15) is 0 Å². The van der Waals surface area contributed by atoms with Gasteiger partial charge in [-0.1, -0.05) is 39.0 Å². The molecule has 39 heavy (non-hydrogen) atoms. The minimum atomic E-state index is -4.43. The molecule has 0 spiro atoms. The van der Waals surface area contributed by atoms with E-state index >= 15 is 0 Å². The van der Waals surface area contributed by atoms with Gasteiger partial charge < -0.3 is 10.2 Å². The smallest absolute Gasteiger partial charge is 0.317 e. The van der Waals surface area contributed by atoms with E-state index in [2.05, 4.69) is 36.5 Å². The first-order valence-corrected chi connectivity index (χ1v) is 13.4. The zero-order valence-corrected chi connectivity index (χ0v) is 22.9. The van der Waals surface area contributed by atoms with Gasteiger partial charge in [0.25, 0.3) is 5.91 Å². The number of hydrogen-bond donors (Lipinski definition) is 4. The molecule has 8 nitrogen and oxygen atoms in total. The van der Waals surface area contributed by atoms with Crippen LogP contribution in [0.15, 0.2) is 58.5 Å². The predicted molar refractivity (Wildman–Crippen MR) is 145 cm³/mol. The van der Waals surface area contributed by atoms with Crippen LogP contribution in [0.2, 0.25) is 0 Å². The molecular weight excluding hydrogens is 529 g/mol. The van der Waals surface area contributed by atoms with E-state index in [1.807, 2.05) is 0 Å². The van der Waals surface area contributed by atoms with Gasteiger partial charge in [0, 0.05) is 28.7 Å². The van der Waals surface area contributed by atoms with Crippen LogP contribution in [0.1, 0.15) is 62.4 Å². The second-order valence-corrected chi connectivity index (χ2v) is 11.8. The highest BCUT2D eigenvalue weighted by Gasteiger charge is 2.34. The molecule has 0 unspecified atom stereocenters. The maximum Gasteiger partial charge on any atom is 0.446 e. The van der Waals surface area contributed by atoms with Crippen molar-refractivity contribution < 1.29 is 22.8 Å². The minimum absolute atomic E-state index is 0.0160. The fourth-order valence-corrected chi connectivity index (χ4v) is 5.35. The zero-order chi connectivity index (χ0) is 28.8. The quantitative estimate of drug-likeness (QED) is 0.125. The molecule has 0 heterocycles. The fraction of sp³-hybridized carbons (Fsp3) is 0.444. The van der Waals surface area contributed by atoms with E-state index in [1.54, 1.807) is 35.2 Å². The lowest BCUT2D eigenvalue weighted by molar-refractivity contribution is -0.0328. The molecule has 1 aliphatic carbocycles. The van der Waals surface area contributed by atoms with Crippen molar-refractivity contribution in [2.45, 2.75) is 69.4 Å². The van der Waals surface area contributed by atoms with Crippen LogP contribution < -0.4 is 10.6 Å². The summed E-state index contributed by atoms with van der Waals surface area (Å²) in [6.07, 6.45) is 3.53. The summed E-state index contributed by atoms with van der Waals surface area (Å²) in [6, 6.07) is 11.7. The molecule has 0 aliphatic heterocycles. The third-order valence-corrected chi connectivity index (χ3v) is 7.58. The van der Waals surface area contributed by atoms with Crippen molar-refractivity contribution in [3.05, 3.63) is 59.7 Å². The zero-order valence-electron chi connectivity index (χ0n) is 22.1. The number of thioether (sulfide) groups is 1. The van der Waals surface area contributed by atoms with Gasteiger partial charge in [-0.15, -0.1) is 5.11 Å². The third kappa shape index (κ3) is 9.09. The molecular formula is C27H33F3N6O2S. The van der Waals surface area contributed by atoms with Crippen molar-refractivity contribution in [3.8, 4) is 0 Å². The van der Waals surface area contributed by atoms with Gasteiger partial charge >= 0.3 is 11.5 Å². The van der Waals surface area contributed by atoms with Crippen molar-refractivity contribution >= 4 is 35.3 Å². The number of amides is 3. The Labute approximate surface area is 230 Å². The fourth-order valence-electron chi connectivity index (χ4n) is 4.75. The SMILES string of the molecule is CC(C)(C)C1CCC(N(Cc2ccc(C(=O)NC(=N)N=N)cc2)C(=O)Nc2cccc(SC(F)(F)F)c2)CC1. The molecule has 210 valence electrons. The summed E-state index contributed by atoms with van der Waals surface area (Å²) in [4.78, 5) is 27.4. The maximum atomic E-state index is 13.5. The first-order chi connectivity index (χ1) is 18.2. The first kappa shape index (κ1) is 30.1. The summed E-state index contributed by atoms with van der Waals surface area (Å²) < 4.78 is 38.5. The van der Waals surface area contributed by atoms with Crippen LogP contribution in [-0.4, -0.2) is 34.3 Å². The molecule has 1 saturated carbocycles. The van der Waals surface area contributed by atoms with Crippen molar-refractivity contribution in [2.75, 3.05) is 5.32 Å². The van der Waals surface area contributed by atoms with Crippen LogP contribution in [0.4, 0.5) is 23.7 Å². The van der Waals surface area contributed by atoms with Crippen LogP contribution in [-0.2, 0) is 6.54 Å². The summed E-state index contributed by atoms with van der Waals surface area (Å²) in [5, 5.41) is 15.1. The van der Waals surface area contributed by atoms with E-state index in [9.17, 15) is 22.8 Å². The molecule has 3 amide bonds. The number of carbonyl (C=O) groups excluding carboxylic acids is 2. The molecule has 3 rings (SSSR count). The highest BCUT2D eigenvalue weighted by molar-refractivity contribution is 8.00. The molecule has 4 N–H and O–H groups in total. The van der Waals surface area contributed by atoms with E-state index in [-0.39, 0.29) is 45.9 Å². The summed E-state index contributed by atoms with van der Waals surface area (Å²) in [5.41, 5.74) is 3.82. The number of hydrogen-bond acceptors (Lipinski definition) is 5. The standard InChI is InChI=1S/C27H33F3N6O2S/c1-26(2,3)19-11-13-21(14-12-19)36(16-17-7-9-18(10-8-17)23(37)34-24(31)35-32)25(38)33-20-5-4-6-22(15-20)39-27(28,29)30/h4-10,15,19,21,32H,11-14,16H2,1-3H3,(H,33,38)(H2,31,34,37). The van der Waals surface area contributed by atoms with Crippen molar-refractivity contribution in [2.24, 2.45) is 16.4 Å². The van der Waals surface area contributed by atoms with Crippen LogP contribution >= 0.6 is 11.8 Å². The minimum Gasteiger partial charge on any atom is -0.317 e. The highest BCUT2D eigenvalue weighted by Crippen LogP contribution is 2.40. The molecule has 2 aromatic carbocycles. The number of urea groups is 1. The van der Waals surface area contributed by atoms with Gasteiger partial charge in [-0.2, -0.15) is 13.2 Å². The topological polar surface area (TPSA) is 122 Å². The van der Waals surface area contributed by atoms with Gasteiger partial charge in [-0.25, -0.2) is 10.3 Å². The second kappa shape index (κ2) is 12.6. The molecule has 0 saturated heterocycles. The van der Waals surface area contributed by atoms with E-state index in [4.69, 9.17) is 10.9 Å². The Bertz CT molecular complexity index is 1190. The Balaban J connectivity index is 1.78. The van der Waals surface area contributed by atoms with Gasteiger partial charge in [0.05, 0.1) is 0 Å². The molecule has 0 bridgehead atoms. The molecule has 1 aliphatic rings. The van der Waals surface area contributed by atoms with Gasteiger partial charge in [-0.05, 0) is 84.7 Å². The number of rotatable bonds is 6. The molecule has 0 aromatic heterocycles. The second-order valence-electron chi connectivity index (χ2n) is 10.6.